The van der Waals surface area contributed by atoms with Crippen LogP contribution in [0.5, 0.6) is 11.6 Å². The Hall–Kier alpha value is -1.85. The lowest BCUT2D eigenvalue weighted by atomic mass is 10.2. The Bertz CT molecular complexity index is 605. The smallest absolute Gasteiger partial charge is 0.224 e. The molecule has 0 aliphatic heterocycles. The van der Waals surface area contributed by atoms with Crippen molar-refractivity contribution in [1.29, 1.82) is 0 Å². The quantitative estimate of drug-likeness (QED) is 0.915. The summed E-state index contributed by atoms with van der Waals surface area (Å²) in [4.78, 5) is 8.57. The fourth-order valence-electron chi connectivity index (χ4n) is 1.69. The highest BCUT2D eigenvalue weighted by molar-refractivity contribution is 6.30. The molecule has 1 aromatic heterocycles. The lowest BCUT2D eigenvalue weighted by Crippen LogP contribution is -2.03. The second-order valence-corrected chi connectivity index (χ2v) is 4.64. The van der Waals surface area contributed by atoms with E-state index in [1.165, 1.54) is 0 Å². The molecule has 2 rings (SSSR count). The standard InChI is InChI=1S/C14H16ClN3O2/c1-9-6-10(15)4-5-11(9)20-14-7-12(16-2)17-13(18-14)8-19-3/h4-7H,8H2,1-3H3,(H,16,17,18). The van der Waals surface area contributed by atoms with Gasteiger partial charge in [0.05, 0.1) is 0 Å². The summed E-state index contributed by atoms with van der Waals surface area (Å²) in [5.41, 5.74) is 0.940. The molecule has 0 fully saturated rings. The summed E-state index contributed by atoms with van der Waals surface area (Å²) in [6, 6.07) is 7.16. The van der Waals surface area contributed by atoms with Crippen molar-refractivity contribution in [3.63, 3.8) is 0 Å². The highest BCUT2D eigenvalue weighted by atomic mass is 35.5. The number of nitrogens with zero attached hydrogens (tertiary/aromatic N) is 2. The van der Waals surface area contributed by atoms with Gasteiger partial charge in [0.1, 0.15) is 18.2 Å². The molecule has 1 aromatic carbocycles. The largest absolute Gasteiger partial charge is 0.439 e. The minimum atomic E-state index is 0.325. The van der Waals surface area contributed by atoms with Gasteiger partial charge in [0.25, 0.3) is 0 Å². The van der Waals surface area contributed by atoms with Gasteiger partial charge in [0.2, 0.25) is 5.88 Å². The molecule has 0 radical (unpaired) electrons. The zero-order valence-corrected chi connectivity index (χ0v) is 12.4. The van der Waals surface area contributed by atoms with E-state index in [2.05, 4.69) is 15.3 Å². The number of methoxy groups -OCH3 is 1. The monoisotopic (exact) mass is 293 g/mol. The van der Waals surface area contributed by atoms with Crippen LogP contribution in [0, 0.1) is 6.92 Å². The van der Waals surface area contributed by atoms with E-state index in [4.69, 9.17) is 21.1 Å². The van der Waals surface area contributed by atoms with Crippen LogP contribution >= 0.6 is 11.6 Å². The minimum absolute atomic E-state index is 0.325. The second kappa shape index (κ2) is 6.54. The number of ether oxygens (including phenoxy) is 2. The van der Waals surface area contributed by atoms with E-state index < -0.39 is 0 Å². The number of benzene rings is 1. The molecule has 0 aliphatic rings. The Labute approximate surface area is 122 Å². The third-order valence-electron chi connectivity index (χ3n) is 2.63. The van der Waals surface area contributed by atoms with Crippen LogP contribution < -0.4 is 10.1 Å². The number of aromatic nitrogens is 2. The van der Waals surface area contributed by atoms with Crippen molar-refractivity contribution in [3.8, 4) is 11.6 Å². The Kier molecular flexibility index (Phi) is 4.76. The molecule has 0 saturated carbocycles. The van der Waals surface area contributed by atoms with Crippen molar-refractivity contribution >= 4 is 17.4 Å². The summed E-state index contributed by atoms with van der Waals surface area (Å²) in [6.07, 6.45) is 0. The number of hydrogen-bond donors (Lipinski definition) is 1. The van der Waals surface area contributed by atoms with Gasteiger partial charge in [-0.2, -0.15) is 4.98 Å². The van der Waals surface area contributed by atoms with Crippen LogP contribution in [0.3, 0.4) is 0 Å². The summed E-state index contributed by atoms with van der Waals surface area (Å²) in [5, 5.41) is 3.64. The predicted molar refractivity (Wildman–Crippen MR) is 78.6 cm³/mol. The number of hydrogen-bond acceptors (Lipinski definition) is 5. The number of rotatable bonds is 5. The van der Waals surface area contributed by atoms with Gasteiger partial charge in [-0.1, -0.05) is 11.6 Å². The molecule has 1 N–H and O–H groups in total. The molecule has 2 aromatic rings. The summed E-state index contributed by atoms with van der Waals surface area (Å²) in [7, 11) is 3.38. The van der Waals surface area contributed by atoms with Crippen LogP contribution in [-0.4, -0.2) is 24.1 Å². The van der Waals surface area contributed by atoms with Crippen molar-refractivity contribution in [2.75, 3.05) is 19.5 Å². The summed E-state index contributed by atoms with van der Waals surface area (Å²) in [5.74, 6) is 2.40. The van der Waals surface area contributed by atoms with E-state index in [1.807, 2.05) is 19.1 Å². The third-order valence-corrected chi connectivity index (χ3v) is 2.87. The molecule has 6 heteroatoms. The molecule has 20 heavy (non-hydrogen) atoms. The molecule has 0 saturated heterocycles. The Morgan fingerprint density at radius 2 is 2.05 bits per heavy atom. The van der Waals surface area contributed by atoms with Gasteiger partial charge in [-0.15, -0.1) is 0 Å². The molecular weight excluding hydrogens is 278 g/mol. The van der Waals surface area contributed by atoms with Gasteiger partial charge in [-0.25, -0.2) is 4.98 Å². The van der Waals surface area contributed by atoms with Crippen LogP contribution in [-0.2, 0) is 11.3 Å². The summed E-state index contributed by atoms with van der Waals surface area (Å²) >= 11 is 5.93. The Balaban J connectivity index is 2.29. The molecule has 0 spiro atoms. The topological polar surface area (TPSA) is 56.3 Å². The first-order valence-electron chi connectivity index (χ1n) is 6.11. The van der Waals surface area contributed by atoms with E-state index in [0.29, 0.717) is 34.9 Å². The normalized spacial score (nSPS) is 10.4. The van der Waals surface area contributed by atoms with E-state index >= 15 is 0 Å². The SMILES string of the molecule is CNc1cc(Oc2ccc(Cl)cc2C)nc(COC)n1. The Morgan fingerprint density at radius 3 is 2.70 bits per heavy atom. The van der Waals surface area contributed by atoms with Gasteiger partial charge in [-0.3, -0.25) is 0 Å². The second-order valence-electron chi connectivity index (χ2n) is 4.20. The zero-order valence-electron chi connectivity index (χ0n) is 11.6. The molecular formula is C14H16ClN3O2. The molecule has 1 heterocycles. The maximum absolute atomic E-state index is 5.93. The van der Waals surface area contributed by atoms with Crippen molar-refractivity contribution in [3.05, 3.63) is 40.7 Å². The van der Waals surface area contributed by atoms with Gasteiger partial charge in [0, 0.05) is 25.2 Å². The van der Waals surface area contributed by atoms with E-state index in [-0.39, 0.29) is 0 Å². The highest BCUT2D eigenvalue weighted by Gasteiger charge is 2.08. The highest BCUT2D eigenvalue weighted by Crippen LogP contribution is 2.27. The predicted octanol–water partition coefficient (Wildman–Crippen LogP) is 3.42. The van der Waals surface area contributed by atoms with Crippen LogP contribution in [0.2, 0.25) is 5.02 Å². The molecule has 106 valence electrons. The number of anilines is 1. The maximum atomic E-state index is 5.93. The van der Waals surface area contributed by atoms with Gasteiger partial charge < -0.3 is 14.8 Å². The van der Waals surface area contributed by atoms with Gasteiger partial charge in [-0.05, 0) is 30.7 Å². The van der Waals surface area contributed by atoms with Crippen molar-refractivity contribution < 1.29 is 9.47 Å². The zero-order chi connectivity index (χ0) is 14.5. The number of aryl methyl sites for hydroxylation is 1. The van der Waals surface area contributed by atoms with Crippen LogP contribution in [0.25, 0.3) is 0 Å². The fourth-order valence-corrected chi connectivity index (χ4v) is 1.91. The van der Waals surface area contributed by atoms with Gasteiger partial charge >= 0.3 is 0 Å². The van der Waals surface area contributed by atoms with E-state index in [1.54, 1.807) is 26.3 Å². The van der Waals surface area contributed by atoms with Gasteiger partial charge in [0.15, 0.2) is 5.82 Å². The van der Waals surface area contributed by atoms with Crippen LogP contribution in [0.4, 0.5) is 5.82 Å². The minimum Gasteiger partial charge on any atom is -0.439 e. The molecule has 0 amide bonds. The van der Waals surface area contributed by atoms with Crippen molar-refractivity contribution in [2.24, 2.45) is 0 Å². The Morgan fingerprint density at radius 1 is 1.25 bits per heavy atom. The molecule has 0 atom stereocenters. The van der Waals surface area contributed by atoms with Crippen molar-refractivity contribution in [2.45, 2.75) is 13.5 Å². The first-order chi connectivity index (χ1) is 9.62. The van der Waals surface area contributed by atoms with Crippen LogP contribution in [0.15, 0.2) is 24.3 Å². The first kappa shape index (κ1) is 14.6. The average Bonchev–Trinajstić information content (AvgIpc) is 2.42. The number of halogens is 1. The van der Waals surface area contributed by atoms with E-state index in [0.717, 1.165) is 5.56 Å². The number of nitrogens with one attached hydrogen (secondary N) is 1. The first-order valence-corrected chi connectivity index (χ1v) is 6.49. The average molecular weight is 294 g/mol. The maximum Gasteiger partial charge on any atom is 0.224 e. The molecule has 0 bridgehead atoms. The van der Waals surface area contributed by atoms with Crippen molar-refractivity contribution in [1.82, 2.24) is 9.97 Å². The summed E-state index contributed by atoms with van der Waals surface area (Å²) in [6.45, 7) is 2.25. The van der Waals surface area contributed by atoms with E-state index in [9.17, 15) is 0 Å². The lowest BCUT2D eigenvalue weighted by Gasteiger charge is -2.10. The molecule has 5 nitrogen and oxygen atoms in total. The molecule has 0 aliphatic carbocycles. The fraction of sp³-hybridized carbons (Fsp3) is 0.286. The third kappa shape index (κ3) is 3.59. The molecule has 0 unspecified atom stereocenters. The van der Waals surface area contributed by atoms with Crippen LogP contribution in [0.1, 0.15) is 11.4 Å². The summed E-state index contributed by atoms with van der Waals surface area (Å²) < 4.78 is 10.8. The lowest BCUT2D eigenvalue weighted by molar-refractivity contribution is 0.177.